The molecule has 1 aliphatic carbocycles. The number of fused-ring (bicyclic) bond motifs is 1. The zero-order chi connectivity index (χ0) is 26.4. The maximum Gasteiger partial charge on any atom is 0.359 e. The molecule has 0 aliphatic heterocycles. The van der Waals surface area contributed by atoms with Gasteiger partial charge in [0.2, 0.25) is 0 Å². The fourth-order valence-electron chi connectivity index (χ4n) is 4.22. The second-order valence-electron chi connectivity index (χ2n) is 10.5. The van der Waals surface area contributed by atoms with E-state index < -0.39 is 14.0 Å². The molecule has 3 heterocycles. The Hall–Kier alpha value is -3.31. The summed E-state index contributed by atoms with van der Waals surface area (Å²) in [5, 5.41) is 10.3. The van der Waals surface area contributed by atoms with Gasteiger partial charge in [-0.2, -0.15) is 5.10 Å². The van der Waals surface area contributed by atoms with E-state index in [2.05, 4.69) is 45.3 Å². The lowest BCUT2D eigenvalue weighted by atomic mass is 10.1. The van der Waals surface area contributed by atoms with E-state index in [0.29, 0.717) is 34.6 Å². The molecule has 0 unspecified atom stereocenters. The van der Waals surface area contributed by atoms with Gasteiger partial charge in [-0.1, -0.05) is 32.5 Å². The molecule has 4 rings (SSSR count). The Labute approximate surface area is 218 Å². The number of urea groups is 1. The predicted octanol–water partition coefficient (Wildman–Crippen LogP) is 5.05. The number of hydrogen-bond donors (Lipinski definition) is 2. The van der Waals surface area contributed by atoms with Crippen LogP contribution in [0.3, 0.4) is 0 Å². The average Bonchev–Trinajstić information content (AvgIpc) is 3.51. The molecule has 3 aromatic heterocycles. The Bertz CT molecular complexity index is 1250. The van der Waals surface area contributed by atoms with Gasteiger partial charge in [0.15, 0.2) is 5.69 Å². The van der Waals surface area contributed by atoms with Crippen LogP contribution in [0.15, 0.2) is 30.6 Å². The van der Waals surface area contributed by atoms with Gasteiger partial charge < -0.3 is 14.8 Å². The van der Waals surface area contributed by atoms with E-state index >= 15 is 0 Å². The minimum Gasteiger partial charge on any atom is -0.461 e. The maximum atomic E-state index is 12.7. The summed E-state index contributed by atoms with van der Waals surface area (Å²) in [4.78, 5) is 34.2. The molecule has 37 heavy (non-hydrogen) atoms. The van der Waals surface area contributed by atoms with E-state index in [9.17, 15) is 9.59 Å². The van der Waals surface area contributed by atoms with Gasteiger partial charge in [0, 0.05) is 44.2 Å². The summed E-state index contributed by atoms with van der Waals surface area (Å²) in [7, 11) is -1.21. The smallest absolute Gasteiger partial charge is 0.359 e. The molecule has 0 atom stereocenters. The number of pyridine rings is 2. The van der Waals surface area contributed by atoms with Gasteiger partial charge in [-0.05, 0) is 44.0 Å². The third kappa shape index (κ3) is 7.36. The van der Waals surface area contributed by atoms with Crippen molar-refractivity contribution in [3.8, 4) is 11.1 Å². The van der Waals surface area contributed by atoms with Gasteiger partial charge in [0.25, 0.3) is 0 Å². The van der Waals surface area contributed by atoms with Crippen molar-refractivity contribution < 1.29 is 19.1 Å². The van der Waals surface area contributed by atoms with Crippen LogP contribution in [-0.2, 0) is 16.2 Å². The van der Waals surface area contributed by atoms with E-state index in [1.54, 1.807) is 36.1 Å². The Morgan fingerprint density at radius 1 is 1.16 bits per heavy atom. The molecule has 0 saturated heterocycles. The molecule has 0 aromatic carbocycles. The standard InChI is InChI=1S/C26H36N6O4Si/c1-5-36-25(33)24-20(16-32(31-24)17-35-12-13-37(2,3)4)18-14-22-21(27-15-18)10-11-23(29-22)30-26(34)28-19-8-6-7-9-19/h10-11,14-16,19H,5-9,12-13,17H2,1-4H3,(H2,28,29,30,34). The quantitative estimate of drug-likeness (QED) is 0.216. The van der Waals surface area contributed by atoms with Crippen LogP contribution in [0.2, 0.25) is 25.7 Å². The minimum atomic E-state index is -1.21. The Kier molecular flexibility index (Phi) is 8.54. The maximum absolute atomic E-state index is 12.7. The second-order valence-corrected chi connectivity index (χ2v) is 16.2. The zero-order valence-electron chi connectivity index (χ0n) is 22.0. The van der Waals surface area contributed by atoms with Crippen LogP contribution >= 0.6 is 0 Å². The number of nitrogens with one attached hydrogen (secondary N) is 2. The first kappa shape index (κ1) is 26.7. The summed E-state index contributed by atoms with van der Waals surface area (Å²) in [5.74, 6) is -0.0792. The number of rotatable bonds is 10. The zero-order valence-corrected chi connectivity index (χ0v) is 23.0. The van der Waals surface area contributed by atoms with Crippen LogP contribution in [0.5, 0.6) is 0 Å². The minimum absolute atomic E-state index is 0.196. The highest BCUT2D eigenvalue weighted by Gasteiger charge is 2.21. The fourth-order valence-corrected chi connectivity index (χ4v) is 4.97. The molecule has 3 aromatic rings. The van der Waals surface area contributed by atoms with Crippen molar-refractivity contribution >= 4 is 36.9 Å². The summed E-state index contributed by atoms with van der Waals surface area (Å²) in [6, 6.07) is 6.36. The third-order valence-electron chi connectivity index (χ3n) is 6.23. The van der Waals surface area contributed by atoms with Crippen molar-refractivity contribution in [2.45, 2.75) is 71.1 Å². The Balaban J connectivity index is 1.54. The van der Waals surface area contributed by atoms with Crippen LogP contribution < -0.4 is 10.6 Å². The first-order valence-electron chi connectivity index (χ1n) is 12.9. The molecule has 2 N–H and O–H groups in total. The summed E-state index contributed by atoms with van der Waals surface area (Å²) < 4.78 is 12.7. The summed E-state index contributed by atoms with van der Waals surface area (Å²) in [6.45, 7) is 9.77. The number of ether oxygens (including phenoxy) is 2. The Morgan fingerprint density at radius 3 is 2.68 bits per heavy atom. The SMILES string of the molecule is CCOC(=O)c1nn(COCC[Si](C)(C)C)cc1-c1cnc2ccc(NC(=O)NC3CCCC3)nc2c1. The number of hydrogen-bond acceptors (Lipinski definition) is 7. The lowest BCUT2D eigenvalue weighted by Crippen LogP contribution is -2.36. The molecular weight excluding hydrogens is 488 g/mol. The van der Waals surface area contributed by atoms with Crippen LogP contribution in [0.1, 0.15) is 43.1 Å². The molecule has 10 nitrogen and oxygen atoms in total. The van der Waals surface area contributed by atoms with Crippen molar-refractivity contribution in [2.75, 3.05) is 18.5 Å². The Morgan fingerprint density at radius 2 is 1.95 bits per heavy atom. The lowest BCUT2D eigenvalue weighted by molar-refractivity contribution is 0.0511. The topological polar surface area (TPSA) is 120 Å². The first-order valence-corrected chi connectivity index (χ1v) is 16.6. The third-order valence-corrected chi connectivity index (χ3v) is 7.93. The van der Waals surface area contributed by atoms with Crippen molar-refractivity contribution in [2.24, 2.45) is 0 Å². The number of amides is 2. The molecule has 0 spiro atoms. The van der Waals surface area contributed by atoms with E-state index in [4.69, 9.17) is 9.47 Å². The van der Waals surface area contributed by atoms with Gasteiger partial charge in [-0.3, -0.25) is 10.3 Å². The molecule has 198 valence electrons. The summed E-state index contributed by atoms with van der Waals surface area (Å²) >= 11 is 0. The van der Waals surface area contributed by atoms with Crippen molar-refractivity contribution in [3.05, 3.63) is 36.3 Å². The number of carbonyl (C=O) groups excluding carboxylic acids is 2. The van der Waals surface area contributed by atoms with Crippen molar-refractivity contribution in [1.82, 2.24) is 25.1 Å². The fraction of sp³-hybridized carbons (Fsp3) is 0.500. The van der Waals surface area contributed by atoms with Gasteiger partial charge in [-0.15, -0.1) is 0 Å². The highest BCUT2D eigenvalue weighted by Crippen LogP contribution is 2.26. The van der Waals surface area contributed by atoms with E-state index in [0.717, 1.165) is 31.7 Å². The monoisotopic (exact) mass is 524 g/mol. The molecule has 11 heteroatoms. The van der Waals surface area contributed by atoms with Gasteiger partial charge in [0.05, 0.1) is 17.6 Å². The average molecular weight is 525 g/mol. The van der Waals surface area contributed by atoms with Crippen LogP contribution in [0.4, 0.5) is 10.6 Å². The van der Waals surface area contributed by atoms with Crippen molar-refractivity contribution in [1.29, 1.82) is 0 Å². The molecule has 0 bridgehead atoms. The molecule has 1 saturated carbocycles. The summed E-state index contributed by atoms with van der Waals surface area (Å²) in [5.41, 5.74) is 2.71. The highest BCUT2D eigenvalue weighted by molar-refractivity contribution is 6.76. The molecule has 2 amide bonds. The number of aromatic nitrogens is 4. The van der Waals surface area contributed by atoms with Gasteiger partial charge >= 0.3 is 12.0 Å². The first-order chi connectivity index (χ1) is 17.7. The van der Waals surface area contributed by atoms with E-state index in [1.165, 1.54) is 0 Å². The summed E-state index contributed by atoms with van der Waals surface area (Å²) in [6.07, 6.45) is 7.74. The molecule has 1 fully saturated rings. The van der Waals surface area contributed by atoms with Crippen LogP contribution in [-0.4, -0.2) is 59.1 Å². The largest absolute Gasteiger partial charge is 0.461 e. The second kappa shape index (κ2) is 11.8. The molecule has 0 radical (unpaired) electrons. The highest BCUT2D eigenvalue weighted by atomic mass is 28.3. The molecular formula is C26H36N6O4Si. The number of carbonyl (C=O) groups is 2. The van der Waals surface area contributed by atoms with Crippen LogP contribution in [0, 0.1) is 0 Å². The number of anilines is 1. The number of nitrogens with zero attached hydrogens (tertiary/aromatic N) is 4. The number of esters is 1. The van der Waals surface area contributed by atoms with E-state index in [1.807, 2.05) is 6.07 Å². The van der Waals surface area contributed by atoms with Gasteiger partial charge in [0.1, 0.15) is 12.5 Å². The molecule has 1 aliphatic rings. The van der Waals surface area contributed by atoms with Crippen LogP contribution in [0.25, 0.3) is 22.2 Å². The normalized spacial score (nSPS) is 14.2. The van der Waals surface area contributed by atoms with Gasteiger partial charge in [-0.25, -0.2) is 19.3 Å². The van der Waals surface area contributed by atoms with E-state index in [-0.39, 0.29) is 31.1 Å². The predicted molar refractivity (Wildman–Crippen MR) is 145 cm³/mol. The lowest BCUT2D eigenvalue weighted by Gasteiger charge is -2.15. The van der Waals surface area contributed by atoms with Crippen molar-refractivity contribution in [3.63, 3.8) is 0 Å².